The molecule has 1 aromatic heterocycles. The van der Waals surface area contributed by atoms with Crippen LogP contribution in [0, 0.1) is 11.6 Å². The smallest absolute Gasteiger partial charge is 0.387 e. The molecule has 0 saturated heterocycles. The number of halogens is 4. The Labute approximate surface area is 233 Å². The van der Waals surface area contributed by atoms with Crippen LogP contribution < -0.4 is 9.47 Å². The summed E-state index contributed by atoms with van der Waals surface area (Å²) in [6.45, 7) is -0.173. The van der Waals surface area contributed by atoms with Gasteiger partial charge in [-0.2, -0.15) is 8.78 Å². The molecule has 0 fully saturated rings. The number of alkyl halides is 2. The summed E-state index contributed by atoms with van der Waals surface area (Å²) in [5.74, 6) is -0.877. The number of nitrogens with zero attached hydrogens (tertiary/aromatic N) is 1. The molecule has 1 heterocycles. The van der Waals surface area contributed by atoms with Gasteiger partial charge in [-0.05, 0) is 78.4 Å². The summed E-state index contributed by atoms with van der Waals surface area (Å²) in [4.78, 5) is 4.53. The maximum atomic E-state index is 15.2. The summed E-state index contributed by atoms with van der Waals surface area (Å²) in [6, 6.07) is 17.1. The molecular weight excluding hydrogens is 518 g/mol. The maximum Gasteiger partial charge on any atom is 0.387 e. The van der Waals surface area contributed by atoms with E-state index in [1.807, 2.05) is 30.3 Å². The first-order valence-corrected chi connectivity index (χ1v) is 13.9. The number of hydrogen-bond donors (Lipinski definition) is 0. The van der Waals surface area contributed by atoms with Crippen molar-refractivity contribution in [2.24, 2.45) is 0 Å². The predicted octanol–water partition coefficient (Wildman–Crippen LogP) is 9.03. The zero-order chi connectivity index (χ0) is 28.3. The fraction of sp³-hybridized carbons (Fsp3) is 0.364. The minimum Gasteiger partial charge on any atom is -0.492 e. The molecule has 0 aliphatic rings. The fourth-order valence-electron chi connectivity index (χ4n) is 4.72. The van der Waals surface area contributed by atoms with Gasteiger partial charge in [0.05, 0.1) is 12.8 Å². The van der Waals surface area contributed by atoms with E-state index in [1.54, 1.807) is 18.3 Å². The average Bonchev–Trinajstić information content (AvgIpc) is 2.95. The molecule has 0 aliphatic carbocycles. The molecule has 0 aliphatic heterocycles. The van der Waals surface area contributed by atoms with Crippen molar-refractivity contribution in [3.05, 3.63) is 101 Å². The molecule has 0 bridgehead atoms. The first-order chi connectivity index (χ1) is 19.4. The second-order valence-corrected chi connectivity index (χ2v) is 9.99. The Morgan fingerprint density at radius 2 is 1.55 bits per heavy atom. The van der Waals surface area contributed by atoms with E-state index in [-0.39, 0.29) is 5.82 Å². The number of benzene rings is 3. The Hall–Kier alpha value is -3.61. The summed E-state index contributed by atoms with van der Waals surface area (Å²) >= 11 is 0. The number of aryl methyl sites for hydroxylation is 4. The number of fused-ring (bicyclic) bond motifs is 1. The lowest BCUT2D eigenvalue weighted by atomic mass is 9.98. The van der Waals surface area contributed by atoms with Gasteiger partial charge in [-0.15, -0.1) is 0 Å². The number of unbranched alkanes of at least 4 members (excludes halogenated alkanes) is 4. The lowest BCUT2D eigenvalue weighted by molar-refractivity contribution is -0.0522. The molecule has 0 spiro atoms. The summed E-state index contributed by atoms with van der Waals surface area (Å²) in [7, 11) is 0. The molecule has 0 N–H and O–H groups in total. The highest BCUT2D eigenvalue weighted by molar-refractivity contribution is 5.84. The lowest BCUT2D eigenvalue weighted by Gasteiger charge is -2.10. The molecule has 3 nitrogen and oxygen atoms in total. The molecule has 0 amide bonds. The average molecular weight is 554 g/mol. The van der Waals surface area contributed by atoms with E-state index >= 15 is 4.39 Å². The van der Waals surface area contributed by atoms with Crippen LogP contribution >= 0.6 is 0 Å². The third-order valence-corrected chi connectivity index (χ3v) is 6.98. The topological polar surface area (TPSA) is 31.4 Å². The van der Waals surface area contributed by atoms with Gasteiger partial charge in [0.15, 0.2) is 11.6 Å². The monoisotopic (exact) mass is 553 g/mol. The maximum absolute atomic E-state index is 15.2. The van der Waals surface area contributed by atoms with Gasteiger partial charge in [-0.3, -0.25) is 4.98 Å². The van der Waals surface area contributed by atoms with Crippen LogP contribution in [0.3, 0.4) is 0 Å². The quantitative estimate of drug-likeness (QED) is 0.109. The Bertz CT molecular complexity index is 1380. The first-order valence-electron chi connectivity index (χ1n) is 13.9. The van der Waals surface area contributed by atoms with E-state index in [1.165, 1.54) is 37.8 Å². The molecule has 4 aromatic rings. The van der Waals surface area contributed by atoms with Crippen molar-refractivity contribution >= 4 is 10.8 Å². The Kier molecular flexibility index (Phi) is 10.8. The van der Waals surface area contributed by atoms with E-state index < -0.39 is 18.2 Å². The van der Waals surface area contributed by atoms with Crippen LogP contribution in [0.1, 0.15) is 61.4 Å². The number of aromatic nitrogens is 1. The third kappa shape index (κ3) is 8.44. The Morgan fingerprint density at radius 1 is 0.775 bits per heavy atom. The SMILES string of the molecule is CCCCCCCOc1ccc(CCc2ccc3c(F)c(CCc4ccc(OC(F)F)c(F)c4)ccc3c2)nc1. The molecule has 0 atom stereocenters. The summed E-state index contributed by atoms with van der Waals surface area (Å²) < 4.78 is 63.8. The Morgan fingerprint density at radius 3 is 2.30 bits per heavy atom. The minimum absolute atomic E-state index is 0.301. The lowest BCUT2D eigenvalue weighted by Crippen LogP contribution is -2.04. The molecule has 0 saturated carbocycles. The molecule has 3 aromatic carbocycles. The fourth-order valence-corrected chi connectivity index (χ4v) is 4.72. The summed E-state index contributed by atoms with van der Waals surface area (Å²) in [6.07, 6.45) is 10.0. The van der Waals surface area contributed by atoms with Gasteiger partial charge in [0.1, 0.15) is 11.6 Å². The van der Waals surface area contributed by atoms with Crippen molar-refractivity contribution in [1.82, 2.24) is 4.98 Å². The van der Waals surface area contributed by atoms with E-state index in [4.69, 9.17) is 4.74 Å². The second kappa shape index (κ2) is 14.7. The zero-order valence-corrected chi connectivity index (χ0v) is 22.8. The normalized spacial score (nSPS) is 11.3. The van der Waals surface area contributed by atoms with Crippen molar-refractivity contribution in [2.75, 3.05) is 6.61 Å². The van der Waals surface area contributed by atoms with Crippen molar-refractivity contribution in [3.63, 3.8) is 0 Å². The van der Waals surface area contributed by atoms with Crippen LogP contribution in [0.4, 0.5) is 17.6 Å². The molecular formula is C33H35F4NO2. The van der Waals surface area contributed by atoms with Crippen LogP contribution in [0.25, 0.3) is 10.8 Å². The summed E-state index contributed by atoms with van der Waals surface area (Å²) in [5.41, 5.74) is 3.16. The molecule has 40 heavy (non-hydrogen) atoms. The van der Waals surface area contributed by atoms with E-state index in [0.29, 0.717) is 36.0 Å². The largest absolute Gasteiger partial charge is 0.492 e. The highest BCUT2D eigenvalue weighted by atomic mass is 19.3. The van der Waals surface area contributed by atoms with Gasteiger partial charge >= 0.3 is 6.61 Å². The van der Waals surface area contributed by atoms with Crippen LogP contribution in [0.15, 0.2) is 66.9 Å². The van der Waals surface area contributed by atoms with Gasteiger partial charge in [-0.1, -0.05) is 69.0 Å². The zero-order valence-electron chi connectivity index (χ0n) is 22.8. The number of pyridine rings is 1. The molecule has 4 rings (SSSR count). The first kappa shape index (κ1) is 29.4. The van der Waals surface area contributed by atoms with Crippen LogP contribution in [-0.2, 0) is 25.7 Å². The number of ether oxygens (including phenoxy) is 2. The highest BCUT2D eigenvalue weighted by Crippen LogP contribution is 2.26. The molecule has 0 unspecified atom stereocenters. The second-order valence-electron chi connectivity index (χ2n) is 9.99. The predicted molar refractivity (Wildman–Crippen MR) is 150 cm³/mol. The highest BCUT2D eigenvalue weighted by Gasteiger charge is 2.12. The van der Waals surface area contributed by atoms with Crippen molar-refractivity contribution in [3.8, 4) is 11.5 Å². The van der Waals surface area contributed by atoms with Gasteiger partial charge in [0, 0.05) is 11.1 Å². The van der Waals surface area contributed by atoms with Crippen LogP contribution in [0.2, 0.25) is 0 Å². The van der Waals surface area contributed by atoms with Crippen molar-refractivity contribution < 1.29 is 27.0 Å². The Balaban J connectivity index is 1.30. The van der Waals surface area contributed by atoms with Gasteiger partial charge in [0.2, 0.25) is 0 Å². The van der Waals surface area contributed by atoms with E-state index in [9.17, 15) is 13.2 Å². The van der Waals surface area contributed by atoms with Crippen molar-refractivity contribution in [2.45, 2.75) is 71.3 Å². The van der Waals surface area contributed by atoms with Gasteiger partial charge in [0.25, 0.3) is 0 Å². The minimum atomic E-state index is -3.09. The molecule has 0 radical (unpaired) electrons. The van der Waals surface area contributed by atoms with E-state index in [0.717, 1.165) is 47.7 Å². The number of hydrogen-bond acceptors (Lipinski definition) is 3. The van der Waals surface area contributed by atoms with Crippen LogP contribution in [0.5, 0.6) is 11.5 Å². The van der Waals surface area contributed by atoms with Crippen molar-refractivity contribution in [1.29, 1.82) is 0 Å². The van der Waals surface area contributed by atoms with E-state index in [2.05, 4.69) is 16.6 Å². The van der Waals surface area contributed by atoms with Crippen LogP contribution in [-0.4, -0.2) is 18.2 Å². The number of rotatable bonds is 15. The molecule has 7 heteroatoms. The third-order valence-electron chi connectivity index (χ3n) is 6.98. The standard InChI is InChI=1S/C33H35F4NO2/c1-2-3-4-5-6-19-39-28-16-15-27(38-22-28)14-8-23-9-17-29-26(20-23)13-12-25(32(29)35)11-7-24-10-18-31(30(34)21-24)40-33(36)37/h9-10,12-13,15-18,20-22,33H,2-8,11,14,19H2,1H3. The van der Waals surface area contributed by atoms with Gasteiger partial charge < -0.3 is 9.47 Å². The summed E-state index contributed by atoms with van der Waals surface area (Å²) in [5, 5.41) is 1.34. The van der Waals surface area contributed by atoms with Gasteiger partial charge in [-0.25, -0.2) is 8.78 Å². The molecule has 212 valence electrons.